The first-order valence-electron chi connectivity index (χ1n) is 3.90. The summed E-state index contributed by atoms with van der Waals surface area (Å²) in [4.78, 5) is 14.2. The average molecular weight is 201 g/mol. The van der Waals surface area contributed by atoms with Crippen LogP contribution in [0.4, 0.5) is 0 Å². The van der Waals surface area contributed by atoms with Gasteiger partial charge in [0.1, 0.15) is 12.2 Å². The third-order valence-corrected chi connectivity index (χ3v) is 2.37. The highest BCUT2D eigenvalue weighted by Gasteiger charge is 2.03. The molecule has 0 aromatic carbocycles. The van der Waals surface area contributed by atoms with Crippen LogP contribution in [0.3, 0.4) is 0 Å². The molecule has 0 amide bonds. The van der Waals surface area contributed by atoms with Gasteiger partial charge in [0.25, 0.3) is 0 Å². The maximum atomic E-state index is 10.2. The number of aliphatic carboxylic acids is 1. The molecule has 72 valence electrons. The molecule has 1 aromatic rings. The van der Waals surface area contributed by atoms with Crippen LogP contribution in [-0.4, -0.2) is 31.6 Å². The molecular formula is C7H11N3O2S. The van der Waals surface area contributed by atoms with Crippen LogP contribution in [0.5, 0.6) is 0 Å². The maximum absolute atomic E-state index is 10.2. The highest BCUT2D eigenvalue weighted by Crippen LogP contribution is 2.08. The van der Waals surface area contributed by atoms with Gasteiger partial charge in [-0.2, -0.15) is 5.10 Å². The molecule has 0 atom stereocenters. The van der Waals surface area contributed by atoms with Crippen molar-refractivity contribution in [3.63, 3.8) is 0 Å². The Bertz CT molecular complexity index is 287. The summed E-state index contributed by atoms with van der Waals surface area (Å²) in [6.45, 7) is 2.74. The standard InChI is InChI=1S/C7H11N3O2S/c1-2-10-6(8-5-9-10)3-13-4-7(11)12/h5H,2-4H2,1H3,(H,11,12). The summed E-state index contributed by atoms with van der Waals surface area (Å²) in [6, 6.07) is 0. The molecule has 5 nitrogen and oxygen atoms in total. The van der Waals surface area contributed by atoms with Gasteiger partial charge in [-0.15, -0.1) is 11.8 Å². The third kappa shape index (κ3) is 3.06. The highest BCUT2D eigenvalue weighted by molar-refractivity contribution is 7.99. The summed E-state index contributed by atoms with van der Waals surface area (Å²) in [7, 11) is 0. The van der Waals surface area contributed by atoms with Crippen molar-refractivity contribution in [3.05, 3.63) is 12.2 Å². The van der Waals surface area contributed by atoms with Crippen LogP contribution < -0.4 is 0 Å². The van der Waals surface area contributed by atoms with E-state index < -0.39 is 5.97 Å². The molecule has 0 fully saturated rings. The van der Waals surface area contributed by atoms with Crippen molar-refractivity contribution in [2.24, 2.45) is 0 Å². The zero-order valence-electron chi connectivity index (χ0n) is 7.30. The van der Waals surface area contributed by atoms with Gasteiger partial charge in [-0.1, -0.05) is 0 Å². The van der Waals surface area contributed by atoms with Gasteiger partial charge >= 0.3 is 5.97 Å². The molecule has 0 saturated carbocycles. The fourth-order valence-corrected chi connectivity index (χ4v) is 1.58. The van der Waals surface area contributed by atoms with Crippen molar-refractivity contribution in [2.45, 2.75) is 19.2 Å². The SMILES string of the molecule is CCn1ncnc1CSCC(=O)O. The van der Waals surface area contributed by atoms with Crippen LogP contribution in [0.25, 0.3) is 0 Å². The molecular weight excluding hydrogens is 190 g/mol. The van der Waals surface area contributed by atoms with Gasteiger partial charge in [0.2, 0.25) is 0 Å². The quantitative estimate of drug-likeness (QED) is 0.756. The minimum absolute atomic E-state index is 0.108. The van der Waals surface area contributed by atoms with Gasteiger partial charge in [-0.25, -0.2) is 9.67 Å². The van der Waals surface area contributed by atoms with E-state index in [9.17, 15) is 4.79 Å². The Hall–Kier alpha value is -1.04. The summed E-state index contributed by atoms with van der Waals surface area (Å²) in [6.07, 6.45) is 1.49. The van der Waals surface area contributed by atoms with Gasteiger partial charge < -0.3 is 5.11 Å². The summed E-state index contributed by atoms with van der Waals surface area (Å²) >= 11 is 1.33. The van der Waals surface area contributed by atoms with E-state index in [4.69, 9.17) is 5.11 Å². The summed E-state index contributed by atoms with van der Waals surface area (Å²) < 4.78 is 1.76. The predicted molar refractivity (Wildman–Crippen MR) is 49.5 cm³/mol. The molecule has 13 heavy (non-hydrogen) atoms. The van der Waals surface area contributed by atoms with Crippen LogP contribution in [0.1, 0.15) is 12.7 Å². The van der Waals surface area contributed by atoms with Gasteiger partial charge in [0, 0.05) is 6.54 Å². The molecule has 0 aliphatic carbocycles. The Kier molecular flexibility index (Phi) is 3.75. The van der Waals surface area contributed by atoms with Crippen molar-refractivity contribution in [1.82, 2.24) is 14.8 Å². The number of aryl methyl sites for hydroxylation is 1. The van der Waals surface area contributed by atoms with Gasteiger partial charge in [-0.05, 0) is 6.92 Å². The second-order valence-corrected chi connectivity index (χ2v) is 3.36. The topological polar surface area (TPSA) is 68.0 Å². The Balaban J connectivity index is 2.40. The average Bonchev–Trinajstić information content (AvgIpc) is 2.51. The van der Waals surface area contributed by atoms with Gasteiger partial charge in [0.05, 0.1) is 11.5 Å². The van der Waals surface area contributed by atoms with Gasteiger partial charge in [0.15, 0.2) is 0 Å². The van der Waals surface area contributed by atoms with E-state index in [0.717, 1.165) is 12.4 Å². The van der Waals surface area contributed by atoms with E-state index in [0.29, 0.717) is 5.75 Å². The van der Waals surface area contributed by atoms with E-state index in [1.54, 1.807) is 4.68 Å². The lowest BCUT2D eigenvalue weighted by Crippen LogP contribution is -2.04. The molecule has 0 aliphatic rings. The third-order valence-electron chi connectivity index (χ3n) is 1.45. The van der Waals surface area contributed by atoms with E-state index in [2.05, 4.69) is 10.1 Å². The monoisotopic (exact) mass is 201 g/mol. The fourth-order valence-electron chi connectivity index (χ4n) is 0.894. The van der Waals surface area contributed by atoms with E-state index >= 15 is 0 Å². The first kappa shape index (κ1) is 10.0. The molecule has 0 unspecified atom stereocenters. The van der Waals surface area contributed by atoms with Crippen molar-refractivity contribution in [3.8, 4) is 0 Å². The normalized spacial score (nSPS) is 10.2. The molecule has 1 rings (SSSR count). The Morgan fingerprint density at radius 3 is 3.15 bits per heavy atom. The number of carboxylic acid groups (broad SMARTS) is 1. The molecule has 1 N–H and O–H groups in total. The minimum atomic E-state index is -0.799. The van der Waals surface area contributed by atoms with Crippen molar-refractivity contribution in [1.29, 1.82) is 0 Å². The summed E-state index contributed by atoms with van der Waals surface area (Å²) in [5.41, 5.74) is 0. The molecule has 0 saturated heterocycles. The van der Waals surface area contributed by atoms with Crippen molar-refractivity contribution in [2.75, 3.05) is 5.75 Å². The lowest BCUT2D eigenvalue weighted by molar-refractivity contribution is -0.133. The van der Waals surface area contributed by atoms with Crippen LogP contribution in [0.15, 0.2) is 6.33 Å². The number of hydrogen-bond donors (Lipinski definition) is 1. The van der Waals surface area contributed by atoms with Crippen molar-refractivity contribution < 1.29 is 9.90 Å². The predicted octanol–water partition coefficient (Wildman–Crippen LogP) is 0.616. The minimum Gasteiger partial charge on any atom is -0.481 e. The molecule has 0 radical (unpaired) electrons. The Morgan fingerprint density at radius 2 is 2.54 bits per heavy atom. The molecule has 1 aromatic heterocycles. The second kappa shape index (κ2) is 4.86. The zero-order valence-corrected chi connectivity index (χ0v) is 8.12. The molecule has 6 heteroatoms. The largest absolute Gasteiger partial charge is 0.481 e. The van der Waals surface area contributed by atoms with E-state index in [1.165, 1.54) is 18.1 Å². The Morgan fingerprint density at radius 1 is 1.77 bits per heavy atom. The molecule has 1 heterocycles. The van der Waals surface area contributed by atoms with Crippen molar-refractivity contribution >= 4 is 17.7 Å². The molecule has 0 bridgehead atoms. The lowest BCUT2D eigenvalue weighted by Gasteiger charge is -2.00. The lowest BCUT2D eigenvalue weighted by atomic mass is 10.6. The number of carbonyl (C=O) groups is 1. The first-order valence-corrected chi connectivity index (χ1v) is 5.05. The maximum Gasteiger partial charge on any atom is 0.313 e. The van der Waals surface area contributed by atoms with Crippen LogP contribution in [0, 0.1) is 0 Å². The molecule has 0 spiro atoms. The van der Waals surface area contributed by atoms with Crippen LogP contribution >= 0.6 is 11.8 Å². The number of carboxylic acids is 1. The summed E-state index contributed by atoms with van der Waals surface area (Å²) in [5.74, 6) is 0.734. The zero-order chi connectivity index (χ0) is 9.68. The van der Waals surface area contributed by atoms with Crippen LogP contribution in [0.2, 0.25) is 0 Å². The fraction of sp³-hybridized carbons (Fsp3) is 0.571. The molecule has 0 aliphatic heterocycles. The highest BCUT2D eigenvalue weighted by atomic mass is 32.2. The smallest absolute Gasteiger partial charge is 0.313 e. The first-order chi connectivity index (χ1) is 6.24. The number of aromatic nitrogens is 3. The number of rotatable bonds is 5. The van der Waals surface area contributed by atoms with E-state index in [-0.39, 0.29) is 5.75 Å². The number of nitrogens with zero attached hydrogens (tertiary/aromatic N) is 3. The van der Waals surface area contributed by atoms with Crippen LogP contribution in [-0.2, 0) is 17.1 Å². The number of thioether (sulfide) groups is 1. The van der Waals surface area contributed by atoms with E-state index in [1.807, 2.05) is 6.92 Å². The van der Waals surface area contributed by atoms with Gasteiger partial charge in [-0.3, -0.25) is 4.79 Å². The summed E-state index contributed by atoms with van der Waals surface area (Å²) in [5, 5.41) is 12.4. The Labute approximate surface area is 80.2 Å². The number of hydrogen-bond acceptors (Lipinski definition) is 4. The second-order valence-electron chi connectivity index (χ2n) is 2.38.